The first-order valence-electron chi connectivity index (χ1n) is 7.93. The molecule has 1 aliphatic carbocycles. The number of carbonyl (C=O) groups is 1. The topological polar surface area (TPSA) is 90.4 Å². The first-order valence-corrected chi connectivity index (χ1v) is 8.31. The van der Waals surface area contributed by atoms with Crippen molar-refractivity contribution in [1.82, 2.24) is 0 Å². The van der Waals surface area contributed by atoms with Gasteiger partial charge < -0.3 is 21.5 Å². The SMILES string of the molecule is CC(C)(C)C1(OC(N)=O)CCC(Nc2cc(Cl)ccc2N)CC1. The third-order valence-electron chi connectivity index (χ3n) is 4.83. The molecule has 0 atom stereocenters. The highest BCUT2D eigenvalue weighted by atomic mass is 35.5. The van der Waals surface area contributed by atoms with Crippen LogP contribution < -0.4 is 16.8 Å². The van der Waals surface area contributed by atoms with Crippen molar-refractivity contribution in [2.24, 2.45) is 11.1 Å². The van der Waals surface area contributed by atoms with Crippen LogP contribution in [-0.2, 0) is 4.74 Å². The van der Waals surface area contributed by atoms with E-state index in [1.165, 1.54) is 0 Å². The fourth-order valence-electron chi connectivity index (χ4n) is 3.30. The maximum Gasteiger partial charge on any atom is 0.405 e. The number of primary amides is 1. The molecule has 1 aromatic rings. The Balaban J connectivity index is 2.07. The van der Waals surface area contributed by atoms with Gasteiger partial charge in [0.2, 0.25) is 0 Å². The monoisotopic (exact) mass is 339 g/mol. The Hall–Kier alpha value is -1.62. The zero-order chi connectivity index (χ0) is 17.3. The Kier molecular flexibility index (Phi) is 4.99. The molecule has 0 saturated heterocycles. The number of nitrogens with two attached hydrogens (primary N) is 2. The molecular weight excluding hydrogens is 314 g/mol. The lowest BCUT2D eigenvalue weighted by atomic mass is 9.67. The van der Waals surface area contributed by atoms with E-state index in [1.54, 1.807) is 12.1 Å². The summed E-state index contributed by atoms with van der Waals surface area (Å²) in [6, 6.07) is 5.67. The maximum atomic E-state index is 11.3. The molecule has 2 rings (SSSR count). The lowest BCUT2D eigenvalue weighted by molar-refractivity contribution is -0.0904. The van der Waals surface area contributed by atoms with Gasteiger partial charge in [0.15, 0.2) is 0 Å². The first-order chi connectivity index (χ1) is 10.6. The van der Waals surface area contributed by atoms with Crippen molar-refractivity contribution < 1.29 is 9.53 Å². The summed E-state index contributed by atoms with van der Waals surface area (Å²) in [5.74, 6) is 0. The highest BCUT2D eigenvalue weighted by Gasteiger charge is 2.47. The Bertz CT molecular complexity index is 576. The van der Waals surface area contributed by atoms with Gasteiger partial charge in [-0.2, -0.15) is 0 Å². The number of nitrogens with one attached hydrogen (secondary N) is 1. The molecule has 0 aromatic heterocycles. The van der Waals surface area contributed by atoms with Crippen LogP contribution in [0.25, 0.3) is 0 Å². The number of nitrogen functional groups attached to an aromatic ring is 1. The average molecular weight is 340 g/mol. The summed E-state index contributed by atoms with van der Waals surface area (Å²) in [6.07, 6.45) is 2.56. The minimum atomic E-state index is -0.703. The van der Waals surface area contributed by atoms with Crippen LogP contribution in [0, 0.1) is 5.41 Å². The third-order valence-corrected chi connectivity index (χ3v) is 5.07. The number of benzene rings is 1. The van der Waals surface area contributed by atoms with E-state index in [4.69, 9.17) is 27.8 Å². The molecule has 0 aliphatic heterocycles. The second kappa shape index (κ2) is 6.48. The summed E-state index contributed by atoms with van der Waals surface area (Å²) in [7, 11) is 0. The van der Waals surface area contributed by atoms with Gasteiger partial charge in [-0.15, -0.1) is 0 Å². The number of hydrogen-bond donors (Lipinski definition) is 3. The molecule has 23 heavy (non-hydrogen) atoms. The van der Waals surface area contributed by atoms with Crippen molar-refractivity contribution in [2.45, 2.75) is 58.1 Å². The molecule has 1 fully saturated rings. The van der Waals surface area contributed by atoms with Crippen molar-refractivity contribution in [3.05, 3.63) is 23.2 Å². The van der Waals surface area contributed by atoms with Crippen molar-refractivity contribution in [3.8, 4) is 0 Å². The minimum Gasteiger partial charge on any atom is -0.443 e. The van der Waals surface area contributed by atoms with Crippen LogP contribution >= 0.6 is 11.6 Å². The summed E-state index contributed by atoms with van der Waals surface area (Å²) in [4.78, 5) is 11.3. The zero-order valence-electron chi connectivity index (χ0n) is 14.0. The summed E-state index contributed by atoms with van der Waals surface area (Å²) >= 11 is 6.03. The number of amides is 1. The summed E-state index contributed by atoms with van der Waals surface area (Å²) in [5, 5.41) is 4.10. The molecule has 128 valence electrons. The Morgan fingerprint density at radius 3 is 2.48 bits per heavy atom. The Labute approximate surface area is 142 Å². The highest BCUT2D eigenvalue weighted by molar-refractivity contribution is 6.31. The average Bonchev–Trinajstić information content (AvgIpc) is 2.43. The van der Waals surface area contributed by atoms with Gasteiger partial charge in [-0.1, -0.05) is 32.4 Å². The molecule has 0 spiro atoms. The second-order valence-electron chi connectivity index (χ2n) is 7.32. The molecule has 0 heterocycles. The molecule has 1 amide bonds. The van der Waals surface area contributed by atoms with E-state index >= 15 is 0 Å². The van der Waals surface area contributed by atoms with Crippen LogP contribution in [0.1, 0.15) is 46.5 Å². The summed E-state index contributed by atoms with van der Waals surface area (Å²) in [5.41, 5.74) is 12.1. The van der Waals surface area contributed by atoms with Crippen molar-refractivity contribution in [2.75, 3.05) is 11.1 Å². The van der Waals surface area contributed by atoms with Crippen LogP contribution in [-0.4, -0.2) is 17.7 Å². The zero-order valence-corrected chi connectivity index (χ0v) is 14.7. The molecule has 0 radical (unpaired) electrons. The van der Waals surface area contributed by atoms with Gasteiger partial charge in [0.1, 0.15) is 5.60 Å². The second-order valence-corrected chi connectivity index (χ2v) is 7.75. The van der Waals surface area contributed by atoms with E-state index in [0.29, 0.717) is 10.7 Å². The van der Waals surface area contributed by atoms with E-state index in [0.717, 1.165) is 31.4 Å². The molecule has 1 saturated carbocycles. The van der Waals surface area contributed by atoms with Gasteiger partial charge in [-0.25, -0.2) is 4.79 Å². The van der Waals surface area contributed by atoms with Gasteiger partial charge in [0, 0.05) is 16.5 Å². The third kappa shape index (κ3) is 4.02. The van der Waals surface area contributed by atoms with Crippen molar-refractivity contribution in [3.63, 3.8) is 0 Å². The van der Waals surface area contributed by atoms with Gasteiger partial charge in [-0.3, -0.25) is 0 Å². The Morgan fingerprint density at radius 2 is 1.96 bits per heavy atom. The molecule has 5 nitrogen and oxygen atoms in total. The lowest BCUT2D eigenvalue weighted by Crippen LogP contribution is -2.51. The van der Waals surface area contributed by atoms with Crippen LogP contribution in [0.3, 0.4) is 0 Å². The van der Waals surface area contributed by atoms with Crippen molar-refractivity contribution >= 4 is 29.1 Å². The smallest absolute Gasteiger partial charge is 0.405 e. The van der Waals surface area contributed by atoms with Gasteiger partial charge >= 0.3 is 6.09 Å². The van der Waals surface area contributed by atoms with Gasteiger partial charge in [-0.05, 0) is 43.9 Å². The molecule has 6 heteroatoms. The number of hydrogen-bond acceptors (Lipinski definition) is 4. The van der Waals surface area contributed by atoms with Gasteiger partial charge in [0.25, 0.3) is 0 Å². The standard InChI is InChI=1S/C17H26ClN3O2/c1-16(2,3)17(23-15(20)22)8-6-12(7-9-17)21-14-10-11(18)4-5-13(14)19/h4-5,10,12,21H,6-9,19H2,1-3H3,(H2,20,22). The van der Waals surface area contributed by atoms with E-state index < -0.39 is 11.7 Å². The maximum absolute atomic E-state index is 11.3. The molecule has 1 aromatic carbocycles. The van der Waals surface area contributed by atoms with E-state index in [2.05, 4.69) is 26.1 Å². The molecule has 5 N–H and O–H groups in total. The number of halogens is 1. The first kappa shape index (κ1) is 17.7. The molecule has 0 unspecified atom stereocenters. The number of anilines is 2. The predicted octanol–water partition coefficient (Wildman–Crippen LogP) is 4.16. The normalized spacial score (nSPS) is 25.0. The number of carbonyl (C=O) groups excluding carboxylic acids is 1. The Morgan fingerprint density at radius 1 is 1.35 bits per heavy atom. The van der Waals surface area contributed by atoms with E-state index in [1.807, 2.05) is 6.07 Å². The van der Waals surface area contributed by atoms with Crippen LogP contribution in [0.2, 0.25) is 5.02 Å². The van der Waals surface area contributed by atoms with Crippen LogP contribution in [0.5, 0.6) is 0 Å². The van der Waals surface area contributed by atoms with Gasteiger partial charge in [0.05, 0.1) is 11.4 Å². The molecule has 0 bridgehead atoms. The number of ether oxygens (including phenoxy) is 1. The highest BCUT2D eigenvalue weighted by Crippen LogP contribution is 2.45. The summed E-state index contributed by atoms with van der Waals surface area (Å²) in [6.45, 7) is 6.25. The quantitative estimate of drug-likeness (QED) is 0.721. The van der Waals surface area contributed by atoms with Crippen LogP contribution in [0.15, 0.2) is 18.2 Å². The fraction of sp³-hybridized carbons (Fsp3) is 0.588. The molecular formula is C17H26ClN3O2. The fourth-order valence-corrected chi connectivity index (χ4v) is 3.47. The van der Waals surface area contributed by atoms with E-state index in [-0.39, 0.29) is 11.5 Å². The number of rotatable bonds is 3. The van der Waals surface area contributed by atoms with E-state index in [9.17, 15) is 4.79 Å². The lowest BCUT2D eigenvalue weighted by Gasteiger charge is -2.47. The largest absolute Gasteiger partial charge is 0.443 e. The van der Waals surface area contributed by atoms with Crippen molar-refractivity contribution in [1.29, 1.82) is 0 Å². The molecule has 1 aliphatic rings. The van der Waals surface area contributed by atoms with Crippen LogP contribution in [0.4, 0.5) is 16.2 Å². The minimum absolute atomic E-state index is 0.165. The predicted molar refractivity (Wildman–Crippen MR) is 94.6 cm³/mol. The summed E-state index contributed by atoms with van der Waals surface area (Å²) < 4.78 is 5.55.